The summed E-state index contributed by atoms with van der Waals surface area (Å²) in [6.45, 7) is 5.65. The molecule has 0 unspecified atom stereocenters. The molecule has 1 saturated heterocycles. The molecule has 3 rings (SSSR count). The van der Waals surface area contributed by atoms with Crippen LogP contribution in [0.15, 0.2) is 48.5 Å². The van der Waals surface area contributed by atoms with Gasteiger partial charge < -0.3 is 4.90 Å². The Morgan fingerprint density at radius 3 is 2.12 bits per heavy atom. The number of alkyl halides is 3. The molecule has 2 amide bonds. The molecule has 3 nitrogen and oxygen atoms in total. The van der Waals surface area contributed by atoms with Crippen LogP contribution in [0.1, 0.15) is 36.5 Å². The van der Waals surface area contributed by atoms with E-state index in [-0.39, 0.29) is 6.03 Å². The van der Waals surface area contributed by atoms with Crippen molar-refractivity contribution < 1.29 is 18.0 Å². The minimum absolute atomic E-state index is 0.123. The molecule has 1 aliphatic rings. The molecule has 138 valence electrons. The van der Waals surface area contributed by atoms with Gasteiger partial charge in [-0.25, -0.2) is 4.79 Å². The SMILES string of the molecule is CC(C)c1ccc(N2CCN(Cc3ccc(C(F)(F)F)cc3)C2=O)cc1. The fourth-order valence-electron chi connectivity index (χ4n) is 3.03. The average molecular weight is 362 g/mol. The molecule has 0 aromatic heterocycles. The molecule has 0 radical (unpaired) electrons. The number of halogens is 3. The molecule has 1 heterocycles. The first-order valence-electron chi connectivity index (χ1n) is 8.58. The van der Waals surface area contributed by atoms with Crippen LogP contribution in [0.3, 0.4) is 0 Å². The topological polar surface area (TPSA) is 23.6 Å². The highest BCUT2D eigenvalue weighted by molar-refractivity contribution is 5.94. The molecule has 2 aromatic carbocycles. The number of carbonyl (C=O) groups is 1. The van der Waals surface area contributed by atoms with Crippen LogP contribution in [-0.4, -0.2) is 24.0 Å². The van der Waals surface area contributed by atoms with Crippen molar-refractivity contribution in [1.82, 2.24) is 4.90 Å². The Morgan fingerprint density at radius 1 is 0.962 bits per heavy atom. The van der Waals surface area contributed by atoms with Gasteiger partial charge in [-0.3, -0.25) is 4.90 Å². The Bertz CT molecular complexity index is 767. The summed E-state index contributed by atoms with van der Waals surface area (Å²) in [7, 11) is 0. The number of urea groups is 1. The zero-order valence-electron chi connectivity index (χ0n) is 14.8. The summed E-state index contributed by atoms with van der Waals surface area (Å²) in [5, 5.41) is 0. The number of nitrogens with zero attached hydrogens (tertiary/aromatic N) is 2. The molecule has 6 heteroatoms. The van der Waals surface area contributed by atoms with E-state index in [1.54, 1.807) is 9.80 Å². The number of hydrogen-bond acceptors (Lipinski definition) is 1. The number of amides is 2. The summed E-state index contributed by atoms with van der Waals surface area (Å²) in [6.07, 6.45) is -4.35. The van der Waals surface area contributed by atoms with E-state index in [1.807, 2.05) is 24.3 Å². The summed E-state index contributed by atoms with van der Waals surface area (Å²) >= 11 is 0. The number of hydrogen-bond donors (Lipinski definition) is 0. The number of carbonyl (C=O) groups excluding carboxylic acids is 1. The molecule has 0 atom stereocenters. The first-order chi connectivity index (χ1) is 12.3. The van der Waals surface area contributed by atoms with Crippen LogP contribution >= 0.6 is 0 Å². The van der Waals surface area contributed by atoms with Gasteiger partial charge in [0.2, 0.25) is 0 Å². The zero-order valence-corrected chi connectivity index (χ0v) is 14.8. The first kappa shape index (κ1) is 18.3. The van der Waals surface area contributed by atoms with Crippen molar-refractivity contribution in [3.63, 3.8) is 0 Å². The largest absolute Gasteiger partial charge is 0.416 e. The first-order valence-corrected chi connectivity index (χ1v) is 8.58. The van der Waals surface area contributed by atoms with Crippen molar-refractivity contribution in [3.05, 3.63) is 65.2 Å². The average Bonchev–Trinajstić information content (AvgIpc) is 2.95. The lowest BCUT2D eigenvalue weighted by Crippen LogP contribution is -2.31. The third kappa shape index (κ3) is 3.84. The summed E-state index contributed by atoms with van der Waals surface area (Å²) < 4.78 is 37.9. The van der Waals surface area contributed by atoms with Crippen LogP contribution in [0.4, 0.5) is 23.7 Å². The van der Waals surface area contributed by atoms with E-state index in [2.05, 4.69) is 13.8 Å². The second-order valence-corrected chi connectivity index (χ2v) is 6.80. The van der Waals surface area contributed by atoms with Crippen molar-refractivity contribution in [2.75, 3.05) is 18.0 Å². The van der Waals surface area contributed by atoms with Gasteiger partial charge in [-0.05, 0) is 41.3 Å². The monoisotopic (exact) mass is 362 g/mol. The molecule has 0 spiro atoms. The fraction of sp³-hybridized carbons (Fsp3) is 0.350. The molecule has 2 aromatic rings. The van der Waals surface area contributed by atoms with Crippen molar-refractivity contribution >= 4 is 11.7 Å². The minimum atomic E-state index is -4.35. The lowest BCUT2D eigenvalue weighted by molar-refractivity contribution is -0.137. The Balaban J connectivity index is 1.67. The van der Waals surface area contributed by atoms with E-state index in [0.717, 1.165) is 17.8 Å². The van der Waals surface area contributed by atoms with Crippen molar-refractivity contribution in [2.45, 2.75) is 32.5 Å². The second-order valence-electron chi connectivity index (χ2n) is 6.80. The van der Waals surface area contributed by atoms with Gasteiger partial charge in [0.15, 0.2) is 0 Å². The maximum absolute atomic E-state index is 12.6. The Morgan fingerprint density at radius 2 is 1.58 bits per heavy atom. The Hall–Kier alpha value is -2.50. The van der Waals surface area contributed by atoms with E-state index >= 15 is 0 Å². The zero-order chi connectivity index (χ0) is 18.9. The number of rotatable bonds is 4. The highest BCUT2D eigenvalue weighted by atomic mass is 19.4. The van der Waals surface area contributed by atoms with E-state index in [4.69, 9.17) is 0 Å². The predicted molar refractivity (Wildman–Crippen MR) is 95.1 cm³/mol. The van der Waals surface area contributed by atoms with Gasteiger partial charge in [-0.2, -0.15) is 13.2 Å². The smallest absolute Gasteiger partial charge is 0.318 e. The fourth-order valence-corrected chi connectivity index (χ4v) is 3.03. The van der Waals surface area contributed by atoms with E-state index in [9.17, 15) is 18.0 Å². The predicted octanol–water partition coefficient (Wildman–Crippen LogP) is 5.27. The summed E-state index contributed by atoms with van der Waals surface area (Å²) in [4.78, 5) is 16.0. The Kier molecular flexibility index (Phi) is 4.94. The molecule has 26 heavy (non-hydrogen) atoms. The molecular formula is C20H21F3N2O. The third-order valence-corrected chi connectivity index (χ3v) is 4.62. The van der Waals surface area contributed by atoms with Gasteiger partial charge >= 0.3 is 12.2 Å². The van der Waals surface area contributed by atoms with E-state index in [0.29, 0.717) is 31.1 Å². The molecule has 0 bridgehead atoms. The van der Waals surface area contributed by atoms with E-state index < -0.39 is 11.7 Å². The maximum atomic E-state index is 12.6. The van der Waals surface area contributed by atoms with Gasteiger partial charge in [0, 0.05) is 25.3 Å². The molecule has 0 N–H and O–H groups in total. The highest BCUT2D eigenvalue weighted by Crippen LogP contribution is 2.29. The minimum Gasteiger partial charge on any atom is -0.318 e. The summed E-state index contributed by atoms with van der Waals surface area (Å²) in [6, 6.07) is 12.8. The van der Waals surface area contributed by atoms with Gasteiger partial charge in [0.05, 0.1) is 5.56 Å². The third-order valence-electron chi connectivity index (χ3n) is 4.62. The van der Waals surface area contributed by atoms with Gasteiger partial charge in [-0.15, -0.1) is 0 Å². The van der Waals surface area contributed by atoms with Crippen molar-refractivity contribution in [1.29, 1.82) is 0 Å². The lowest BCUT2D eigenvalue weighted by atomic mass is 10.0. The van der Waals surface area contributed by atoms with Crippen LogP contribution in [0.2, 0.25) is 0 Å². The number of anilines is 1. The molecule has 0 saturated carbocycles. The lowest BCUT2D eigenvalue weighted by Gasteiger charge is -2.19. The summed E-state index contributed by atoms with van der Waals surface area (Å²) in [5.41, 5.74) is 2.06. The highest BCUT2D eigenvalue weighted by Gasteiger charge is 2.31. The maximum Gasteiger partial charge on any atom is 0.416 e. The number of benzene rings is 2. The Labute approximate surface area is 151 Å². The molecule has 1 aliphatic heterocycles. The van der Waals surface area contributed by atoms with Crippen molar-refractivity contribution in [2.24, 2.45) is 0 Å². The van der Waals surface area contributed by atoms with Crippen LogP contribution in [0, 0.1) is 0 Å². The molecule has 0 aliphatic carbocycles. The van der Waals surface area contributed by atoms with Crippen LogP contribution in [-0.2, 0) is 12.7 Å². The van der Waals surface area contributed by atoms with Crippen LogP contribution < -0.4 is 4.90 Å². The van der Waals surface area contributed by atoms with Gasteiger partial charge in [0.1, 0.15) is 0 Å². The second kappa shape index (κ2) is 7.02. The standard InChI is InChI=1S/C20H21F3N2O/c1-14(2)16-5-9-18(10-6-16)25-12-11-24(19(25)26)13-15-3-7-17(8-4-15)20(21,22)23/h3-10,14H,11-13H2,1-2H3. The van der Waals surface area contributed by atoms with Gasteiger partial charge in [0.25, 0.3) is 0 Å². The van der Waals surface area contributed by atoms with Crippen molar-refractivity contribution in [3.8, 4) is 0 Å². The quantitative estimate of drug-likeness (QED) is 0.727. The molecule has 1 fully saturated rings. The normalized spacial score (nSPS) is 15.2. The van der Waals surface area contributed by atoms with Gasteiger partial charge in [-0.1, -0.05) is 38.1 Å². The molecular weight excluding hydrogens is 341 g/mol. The summed E-state index contributed by atoms with van der Waals surface area (Å²) in [5.74, 6) is 0.425. The van der Waals surface area contributed by atoms with Crippen LogP contribution in [0.25, 0.3) is 0 Å². The van der Waals surface area contributed by atoms with Crippen LogP contribution in [0.5, 0.6) is 0 Å². The van der Waals surface area contributed by atoms with E-state index in [1.165, 1.54) is 17.7 Å².